The van der Waals surface area contributed by atoms with Crippen LogP contribution in [0.25, 0.3) is 11.1 Å². The molecule has 0 bridgehead atoms. The molecule has 0 atom stereocenters. The number of ether oxygens (including phenoxy) is 2. The topological polar surface area (TPSA) is 64.6 Å². The summed E-state index contributed by atoms with van der Waals surface area (Å²) in [5.41, 5.74) is 2.07. The van der Waals surface area contributed by atoms with Crippen LogP contribution in [0.2, 0.25) is 0 Å². The van der Waals surface area contributed by atoms with Crippen LogP contribution in [0, 0.1) is 5.92 Å². The number of amides is 1. The maximum atomic E-state index is 12.8. The molecule has 1 aliphatic rings. The highest BCUT2D eigenvalue weighted by Gasteiger charge is 2.27. The molecule has 1 aromatic carbocycles. The molecule has 6 heteroatoms. The fourth-order valence-electron chi connectivity index (χ4n) is 3.49. The van der Waals surface area contributed by atoms with E-state index in [9.17, 15) is 9.59 Å². The number of benzene rings is 1. The van der Waals surface area contributed by atoms with E-state index in [-0.39, 0.29) is 17.9 Å². The number of hydrogen-bond acceptors (Lipinski definition) is 5. The molecule has 1 fully saturated rings. The van der Waals surface area contributed by atoms with Gasteiger partial charge in [-0.3, -0.25) is 4.79 Å². The Morgan fingerprint density at radius 1 is 1.11 bits per heavy atom. The number of carbonyl (C=O) groups excluding carboxylic acids is 2. The standard InChI is InChI=1S/C22H27NO4S/c1-14(2)27-22(25)19-18(15-9-11-17(26-3)12-10-15)13-28-21(19)23-20(24)16-7-5-4-6-8-16/h9-14,16H,4-8H2,1-3H3,(H,23,24). The number of methoxy groups -OCH3 is 1. The van der Waals surface area contributed by atoms with Crippen molar-refractivity contribution in [2.24, 2.45) is 5.92 Å². The van der Waals surface area contributed by atoms with Crippen LogP contribution in [-0.4, -0.2) is 25.1 Å². The third-order valence-corrected chi connectivity index (χ3v) is 5.85. The normalized spacial score (nSPS) is 14.7. The van der Waals surface area contributed by atoms with E-state index < -0.39 is 5.97 Å². The van der Waals surface area contributed by atoms with Crippen LogP contribution in [0.5, 0.6) is 5.75 Å². The second kappa shape index (κ2) is 9.24. The Morgan fingerprint density at radius 2 is 1.79 bits per heavy atom. The predicted octanol–water partition coefficient (Wildman–Crippen LogP) is 5.51. The average molecular weight is 402 g/mol. The molecule has 0 spiro atoms. The summed E-state index contributed by atoms with van der Waals surface area (Å²) in [6.45, 7) is 3.63. The molecular weight excluding hydrogens is 374 g/mol. The van der Waals surface area contributed by atoms with Gasteiger partial charge in [0.1, 0.15) is 16.3 Å². The van der Waals surface area contributed by atoms with Gasteiger partial charge in [0, 0.05) is 16.9 Å². The van der Waals surface area contributed by atoms with Crippen molar-refractivity contribution in [3.05, 3.63) is 35.2 Å². The highest BCUT2D eigenvalue weighted by Crippen LogP contribution is 2.38. The molecule has 0 saturated heterocycles. The van der Waals surface area contributed by atoms with Crippen molar-refractivity contribution in [1.29, 1.82) is 0 Å². The van der Waals surface area contributed by atoms with E-state index in [2.05, 4.69) is 5.32 Å². The minimum atomic E-state index is -0.416. The van der Waals surface area contributed by atoms with Gasteiger partial charge in [0.15, 0.2) is 0 Å². The first-order valence-corrected chi connectivity index (χ1v) is 10.6. The number of nitrogens with one attached hydrogen (secondary N) is 1. The summed E-state index contributed by atoms with van der Waals surface area (Å²) in [7, 11) is 1.62. The molecule has 0 unspecified atom stereocenters. The third kappa shape index (κ3) is 4.73. The molecule has 0 radical (unpaired) electrons. The SMILES string of the molecule is COc1ccc(-c2csc(NC(=O)C3CCCCC3)c2C(=O)OC(C)C)cc1. The van der Waals surface area contributed by atoms with Crippen LogP contribution < -0.4 is 10.1 Å². The fraction of sp³-hybridized carbons (Fsp3) is 0.455. The molecule has 1 heterocycles. The quantitative estimate of drug-likeness (QED) is 0.649. The molecule has 1 aliphatic carbocycles. The van der Waals surface area contributed by atoms with Gasteiger partial charge in [-0.25, -0.2) is 4.79 Å². The van der Waals surface area contributed by atoms with Gasteiger partial charge in [0.25, 0.3) is 0 Å². The van der Waals surface area contributed by atoms with E-state index in [0.29, 0.717) is 10.6 Å². The van der Waals surface area contributed by atoms with Crippen LogP contribution in [-0.2, 0) is 9.53 Å². The van der Waals surface area contributed by atoms with Crippen LogP contribution in [0.4, 0.5) is 5.00 Å². The smallest absolute Gasteiger partial charge is 0.342 e. The number of rotatable bonds is 6. The second-order valence-corrected chi connectivity index (χ2v) is 8.24. The lowest BCUT2D eigenvalue weighted by Gasteiger charge is -2.20. The Balaban J connectivity index is 1.91. The Labute approximate surface area is 170 Å². The molecule has 1 aromatic heterocycles. The van der Waals surface area contributed by atoms with Gasteiger partial charge in [-0.05, 0) is 44.4 Å². The van der Waals surface area contributed by atoms with Gasteiger partial charge in [-0.2, -0.15) is 0 Å². The third-order valence-electron chi connectivity index (χ3n) is 4.95. The molecule has 150 valence electrons. The molecule has 0 aliphatic heterocycles. The van der Waals surface area contributed by atoms with Crippen molar-refractivity contribution in [1.82, 2.24) is 0 Å². The Bertz CT molecular complexity index is 820. The minimum absolute atomic E-state index is 0.00132. The van der Waals surface area contributed by atoms with E-state index in [1.165, 1.54) is 17.8 Å². The summed E-state index contributed by atoms with van der Waals surface area (Å²) in [4.78, 5) is 25.5. The van der Waals surface area contributed by atoms with Crippen molar-refractivity contribution in [2.45, 2.75) is 52.1 Å². The van der Waals surface area contributed by atoms with Crippen molar-refractivity contribution >= 4 is 28.2 Å². The molecule has 3 rings (SSSR count). The van der Waals surface area contributed by atoms with Crippen LogP contribution >= 0.6 is 11.3 Å². The van der Waals surface area contributed by atoms with Crippen LogP contribution in [0.1, 0.15) is 56.3 Å². The van der Waals surface area contributed by atoms with E-state index in [1.807, 2.05) is 43.5 Å². The molecule has 28 heavy (non-hydrogen) atoms. The van der Waals surface area contributed by atoms with E-state index in [0.717, 1.165) is 42.6 Å². The monoisotopic (exact) mass is 401 g/mol. The van der Waals surface area contributed by atoms with E-state index in [4.69, 9.17) is 9.47 Å². The van der Waals surface area contributed by atoms with Gasteiger partial charge in [0.2, 0.25) is 5.91 Å². The van der Waals surface area contributed by atoms with E-state index >= 15 is 0 Å². The van der Waals surface area contributed by atoms with Crippen molar-refractivity contribution < 1.29 is 19.1 Å². The number of carbonyl (C=O) groups is 2. The highest BCUT2D eigenvalue weighted by molar-refractivity contribution is 7.15. The minimum Gasteiger partial charge on any atom is -0.497 e. The predicted molar refractivity (Wildman–Crippen MR) is 112 cm³/mol. The van der Waals surface area contributed by atoms with Crippen molar-refractivity contribution in [2.75, 3.05) is 12.4 Å². The summed E-state index contributed by atoms with van der Waals surface area (Å²) >= 11 is 1.36. The first-order valence-electron chi connectivity index (χ1n) is 9.77. The summed E-state index contributed by atoms with van der Waals surface area (Å²) in [6.07, 6.45) is 4.95. The Kier molecular flexibility index (Phi) is 6.73. The largest absolute Gasteiger partial charge is 0.497 e. The molecular formula is C22H27NO4S. The lowest BCUT2D eigenvalue weighted by molar-refractivity contribution is -0.120. The number of anilines is 1. The molecule has 1 N–H and O–H groups in total. The molecule has 1 amide bonds. The number of esters is 1. The van der Waals surface area contributed by atoms with Crippen molar-refractivity contribution in [3.8, 4) is 16.9 Å². The summed E-state index contributed by atoms with van der Waals surface area (Å²) < 4.78 is 10.7. The van der Waals surface area contributed by atoms with Gasteiger partial charge >= 0.3 is 5.97 Å². The van der Waals surface area contributed by atoms with Gasteiger partial charge in [0.05, 0.1) is 13.2 Å². The summed E-state index contributed by atoms with van der Waals surface area (Å²) in [5.74, 6) is 0.354. The van der Waals surface area contributed by atoms with Crippen LogP contribution in [0.3, 0.4) is 0 Å². The van der Waals surface area contributed by atoms with E-state index in [1.54, 1.807) is 7.11 Å². The maximum absolute atomic E-state index is 12.8. The first kappa shape index (κ1) is 20.4. The lowest BCUT2D eigenvalue weighted by Crippen LogP contribution is -2.25. The molecule has 1 saturated carbocycles. The van der Waals surface area contributed by atoms with Crippen LogP contribution in [0.15, 0.2) is 29.6 Å². The lowest BCUT2D eigenvalue weighted by atomic mass is 9.88. The second-order valence-electron chi connectivity index (χ2n) is 7.36. The highest BCUT2D eigenvalue weighted by atomic mass is 32.1. The molecule has 5 nitrogen and oxygen atoms in total. The van der Waals surface area contributed by atoms with Gasteiger partial charge in [-0.1, -0.05) is 31.4 Å². The Hall–Kier alpha value is -2.34. The zero-order valence-electron chi connectivity index (χ0n) is 16.6. The summed E-state index contributed by atoms with van der Waals surface area (Å²) in [5, 5.41) is 5.46. The zero-order chi connectivity index (χ0) is 20.1. The van der Waals surface area contributed by atoms with Gasteiger partial charge < -0.3 is 14.8 Å². The van der Waals surface area contributed by atoms with Gasteiger partial charge in [-0.15, -0.1) is 11.3 Å². The molecule has 2 aromatic rings. The number of hydrogen-bond donors (Lipinski definition) is 1. The fourth-order valence-corrected chi connectivity index (χ4v) is 4.45. The summed E-state index contributed by atoms with van der Waals surface area (Å²) in [6, 6.07) is 7.51. The zero-order valence-corrected chi connectivity index (χ0v) is 17.4. The Morgan fingerprint density at radius 3 is 2.39 bits per heavy atom. The maximum Gasteiger partial charge on any atom is 0.342 e. The number of thiophene rings is 1. The van der Waals surface area contributed by atoms with Crippen molar-refractivity contribution in [3.63, 3.8) is 0 Å². The first-order chi connectivity index (χ1) is 13.5. The average Bonchev–Trinajstić information content (AvgIpc) is 3.11.